The molecule has 0 unspecified atom stereocenters. The summed E-state index contributed by atoms with van der Waals surface area (Å²) in [6, 6.07) is 0. The van der Waals surface area contributed by atoms with Crippen molar-refractivity contribution in [3.05, 3.63) is 0 Å². The Kier molecular flexibility index (Phi) is 572. The highest BCUT2D eigenvalue weighted by Gasteiger charge is 2.43. The molecule has 11 nitrogen and oxygen atoms in total. The van der Waals surface area contributed by atoms with E-state index in [0.717, 1.165) is 7.11 Å². The Labute approximate surface area is 612 Å². The molecule has 0 rings (SSSR count). The van der Waals surface area contributed by atoms with Crippen LogP contribution in [0.25, 0.3) is 0 Å². The van der Waals surface area contributed by atoms with Gasteiger partial charge in [-0.2, -0.15) is 104 Å². The second-order valence-corrected chi connectivity index (χ2v) is 8.10. The van der Waals surface area contributed by atoms with E-state index >= 15 is 0 Å². The summed E-state index contributed by atoms with van der Waals surface area (Å²) >= 11 is 0. The molecule has 0 aliphatic rings. The predicted octanol–water partition coefficient (Wildman–Crippen LogP) is 29.5. The summed E-state index contributed by atoms with van der Waals surface area (Å²) in [4.78, 5) is 15.7. The summed E-state index contributed by atoms with van der Waals surface area (Å²) in [7, 11) is 7.42. The van der Waals surface area contributed by atoms with Gasteiger partial charge in [-0.15, -0.1) is 4.94 Å². The van der Waals surface area contributed by atoms with Gasteiger partial charge < -0.3 is 18.9 Å². The van der Waals surface area contributed by atoms with Crippen LogP contribution in [0.4, 0.5) is 247 Å². The number of hydrogen-bond donors (Lipinski definition) is 0. The van der Waals surface area contributed by atoms with Gasteiger partial charge in [0.05, 0.1) is 35.9 Å². The van der Waals surface area contributed by atoms with Crippen molar-refractivity contribution in [2.45, 2.75) is 110 Å². The van der Waals surface area contributed by atoms with Gasteiger partial charge >= 0.3 is 43.4 Å². The molecule has 0 atom stereocenters. The first-order valence-electron chi connectivity index (χ1n) is 20.1. The molecule has 0 fully saturated rings. The Bertz CT molecular complexity index is 827. The minimum Gasteiger partial charge on any atom is -0.375 e. The summed E-state index contributed by atoms with van der Waals surface area (Å²) in [5, 5.41) is 0. The Morgan fingerprint density at radius 3 is 0.304 bits per heavy atom. The fraction of sp³-hybridized carbons (Fsp3) is 1.00. The van der Waals surface area contributed by atoms with Crippen molar-refractivity contribution in [1.29, 1.82) is 0 Å². The second kappa shape index (κ2) is 276. The van der Waals surface area contributed by atoms with Crippen LogP contribution in [-0.2, 0) is 53.5 Å². The van der Waals surface area contributed by atoms with Gasteiger partial charge in [-0.05, 0) is 31.7 Å². The van der Waals surface area contributed by atoms with Crippen LogP contribution in [0.5, 0.6) is 0 Å². The van der Waals surface area contributed by atoms with Crippen molar-refractivity contribution in [1.82, 2.24) is 0 Å². The molecule has 0 bridgehead atoms. The zero-order valence-electron chi connectivity index (χ0n) is 52.4. The van der Waals surface area contributed by atoms with E-state index in [4.69, 9.17) is 0 Å². The largest absolute Gasteiger partial charge is 0.446 e. The second-order valence-electron chi connectivity index (χ2n) is 8.10. The van der Waals surface area contributed by atoms with Crippen LogP contribution in [0.2, 0.25) is 0 Å². The van der Waals surface area contributed by atoms with Crippen LogP contribution in [0.1, 0.15) is 66.8 Å². The van der Waals surface area contributed by atoms with Gasteiger partial charge in [0.1, 0.15) is 6.61 Å². The molecule has 0 aliphatic heterocycles. The number of hydrogen-bond acceptors (Lipinski definition) is 11. The number of ether oxygens (including phenoxy) is 4. The Morgan fingerprint density at radius 2 is 0.304 bits per heavy atom. The minimum absolute atomic E-state index is 0. The lowest BCUT2D eigenvalue weighted by Crippen LogP contribution is -2.26. The first kappa shape index (κ1) is 232. The van der Waals surface area contributed by atoms with Gasteiger partial charge in [0, 0.05) is 28.4 Å². The molecular formula is C45H104F56O11. The average molecular weight is 1890 g/mol. The third-order valence-corrected chi connectivity index (χ3v) is 1.90. The zero-order valence-corrected chi connectivity index (χ0v) is 52.4. The number of alkyl halides is 49. The average Bonchev–Trinajstić information content (AvgIpc) is 0.927. The van der Waals surface area contributed by atoms with E-state index in [9.17, 15) is 247 Å². The first-order valence-corrected chi connectivity index (χ1v) is 20.1. The van der Waals surface area contributed by atoms with Crippen molar-refractivity contribution < 1.29 is 300 Å². The fourth-order valence-corrected chi connectivity index (χ4v) is 0.321. The molecule has 0 aliphatic carbocycles. The van der Waals surface area contributed by atoms with E-state index in [-0.39, 0.29) is 66.8 Å². The maximum Gasteiger partial charge on any atom is 0.446 e. The number of rotatable bonds is 12. The molecule has 742 valence electrons. The van der Waals surface area contributed by atoms with Crippen molar-refractivity contribution in [2.75, 3.05) is 201 Å². The normalized spacial score (nSPS) is 7.88. The molecule has 0 saturated heterocycles. The van der Waals surface area contributed by atoms with Crippen molar-refractivity contribution >= 4 is 0 Å². The lowest BCUT2D eigenvalue weighted by molar-refractivity contribution is -0.392. The van der Waals surface area contributed by atoms with Crippen LogP contribution in [0, 0.1) is 0 Å². The summed E-state index contributed by atoms with van der Waals surface area (Å²) in [5.41, 5.74) is 0. The molecule has 0 radical (unpaired) electrons. The lowest BCUT2D eigenvalue weighted by Gasteiger charge is -2.06. The third-order valence-electron chi connectivity index (χ3n) is 1.90. The Morgan fingerprint density at radius 1 is 0.205 bits per heavy atom. The molecule has 67 heteroatoms. The van der Waals surface area contributed by atoms with Crippen LogP contribution >= 0.6 is 0 Å². The topological polar surface area (TPSA) is 102 Å². The van der Waals surface area contributed by atoms with Crippen molar-refractivity contribution in [2.24, 2.45) is 0 Å². The molecule has 0 aromatic rings. The summed E-state index contributed by atoms with van der Waals surface area (Å²) < 4.78 is 583. The summed E-state index contributed by atoms with van der Waals surface area (Å²) in [6.45, 7) is -30.7. The van der Waals surface area contributed by atoms with Crippen LogP contribution in [0.3, 0.4) is 0 Å². The van der Waals surface area contributed by atoms with E-state index in [1.807, 2.05) is 0 Å². The lowest BCUT2D eigenvalue weighted by atomic mass is 10.7. The summed E-state index contributed by atoms with van der Waals surface area (Å²) in [6.07, 6.45) is -31.6. The Hall–Kier alpha value is -4.36. The molecule has 0 aromatic carbocycles. The van der Waals surface area contributed by atoms with E-state index < -0.39 is 180 Å². The third kappa shape index (κ3) is 1320. The van der Waals surface area contributed by atoms with Gasteiger partial charge in [0.2, 0.25) is 82.9 Å². The Balaban J connectivity index is -0.0000000168. The van der Waals surface area contributed by atoms with Gasteiger partial charge in [-0.25, -0.2) is 119 Å². The first-order chi connectivity index (χ1) is 47.5. The van der Waals surface area contributed by atoms with E-state index in [2.05, 4.69) is 48.6 Å². The van der Waals surface area contributed by atoms with E-state index in [1.54, 1.807) is 4.94 Å². The molecule has 0 N–H and O–H groups in total. The van der Waals surface area contributed by atoms with Crippen molar-refractivity contribution in [3.63, 3.8) is 0 Å². The molecule has 0 aromatic heterocycles. The monoisotopic (exact) mass is 1880 g/mol. The highest BCUT2D eigenvalue weighted by molar-refractivity contribution is 4.50. The standard InChI is InChI=1S/C3H5F3O.C2HF5O.2C2H2F4O.2C2H2F4.3C2H5FO.4CH2F2O.8CH2F2.5CH3F.9CH4/c1-7-2-3(4,5)6;3-1(4)2(5,6)8-7;2*3-2(4,5)1-7-6;2*3-1-2(4,5)6;3*1-4-2-3;4*2-1-4-3;8*2-1-3;5*1-2;;;;;;;;;/h2H2,1H3;1H;2*1H2;2*1H2;3*2H2,1H3;4*1H2;8*1H2;5*1H3;9*1H4. The highest BCUT2D eigenvalue weighted by atomic mass is 19.4. The smallest absolute Gasteiger partial charge is 0.375 e. The molecule has 0 amide bonds. The minimum atomic E-state index is -4.96. The van der Waals surface area contributed by atoms with Crippen LogP contribution in [0.15, 0.2) is 0 Å². The maximum atomic E-state index is 10.9. The van der Waals surface area contributed by atoms with Gasteiger partial charge in [-0.3, -0.25) is 22.0 Å². The van der Waals surface area contributed by atoms with Gasteiger partial charge in [-0.1, -0.05) is 66.8 Å². The molecule has 0 heterocycles. The van der Waals surface area contributed by atoms with E-state index in [0.29, 0.717) is 35.9 Å². The number of methoxy groups -OCH3 is 4. The molecule has 112 heavy (non-hydrogen) atoms. The van der Waals surface area contributed by atoms with E-state index in [1.165, 1.54) is 21.3 Å². The van der Waals surface area contributed by atoms with Crippen molar-refractivity contribution in [3.8, 4) is 0 Å². The number of halogens is 56. The fourth-order valence-electron chi connectivity index (χ4n) is 0.321. The van der Waals surface area contributed by atoms with Gasteiger partial charge in [0.15, 0.2) is 47.1 Å². The molecule has 0 spiro atoms. The summed E-state index contributed by atoms with van der Waals surface area (Å²) in [5.74, 6) is 0. The quantitative estimate of drug-likeness (QED) is 0.175. The zero-order chi connectivity index (χ0) is 90.5. The maximum absolute atomic E-state index is 10.9. The van der Waals surface area contributed by atoms with Crippen LogP contribution < -0.4 is 0 Å². The SMILES string of the molecule is C.C.C.C.C.C.C.C.C.CF.CF.CF.CF.CF.COCC(F)(F)F.COCF.COCF.COCF.FCC(F)(F)F.FCC(F)(F)F.FCF.FCF.FCF.FCF.FCF.FCF.FCF.FCF.FCOF.FCOF.FCOF.FCOF.FOC(F)(F)C(F)F.FOCC(F)(F)F.FOCC(F)(F)F. The van der Waals surface area contributed by atoms with Gasteiger partial charge in [0.25, 0.3) is 0 Å². The molecular weight excluding hydrogens is 1780 g/mol. The highest BCUT2D eigenvalue weighted by Crippen LogP contribution is 2.24. The van der Waals surface area contributed by atoms with Crippen LogP contribution in [-0.4, -0.2) is 244 Å². The molecule has 0 saturated carbocycles. The predicted molar refractivity (Wildman–Crippen MR) is 305 cm³/mol.